The van der Waals surface area contributed by atoms with E-state index in [9.17, 15) is 4.79 Å². The second kappa shape index (κ2) is 6.78. The molecule has 1 fully saturated rings. The number of pyridine rings is 1. The van der Waals surface area contributed by atoms with Gasteiger partial charge in [0.1, 0.15) is 17.1 Å². The lowest BCUT2D eigenvalue weighted by atomic mass is 10.1. The first-order chi connectivity index (χ1) is 12.7. The van der Waals surface area contributed by atoms with Gasteiger partial charge in [-0.3, -0.25) is 4.79 Å². The molecule has 0 bridgehead atoms. The van der Waals surface area contributed by atoms with Gasteiger partial charge in [-0.05, 0) is 49.7 Å². The van der Waals surface area contributed by atoms with E-state index < -0.39 is 0 Å². The highest BCUT2D eigenvalue weighted by molar-refractivity contribution is 5.94. The number of aromatic nitrogens is 3. The Morgan fingerprint density at radius 3 is 2.81 bits per heavy atom. The predicted octanol–water partition coefficient (Wildman–Crippen LogP) is 3.09. The van der Waals surface area contributed by atoms with Crippen molar-refractivity contribution in [3.8, 4) is 5.75 Å². The third-order valence-electron chi connectivity index (χ3n) is 5.03. The Labute approximate surface area is 152 Å². The molecule has 1 amide bonds. The van der Waals surface area contributed by atoms with Gasteiger partial charge in [-0.25, -0.2) is 9.97 Å². The molecule has 0 N–H and O–H groups in total. The second-order valence-electron chi connectivity index (χ2n) is 6.53. The summed E-state index contributed by atoms with van der Waals surface area (Å²) in [6, 6.07) is 11.2. The maximum atomic E-state index is 12.8. The third kappa shape index (κ3) is 2.81. The molecule has 1 aliphatic heterocycles. The number of aryl methyl sites for hydroxylation is 1. The van der Waals surface area contributed by atoms with Crippen molar-refractivity contribution in [3.63, 3.8) is 0 Å². The van der Waals surface area contributed by atoms with Crippen LogP contribution in [0, 0.1) is 0 Å². The molecule has 0 spiro atoms. The lowest BCUT2D eigenvalue weighted by Gasteiger charge is -2.17. The molecule has 2 aromatic heterocycles. The highest BCUT2D eigenvalue weighted by Crippen LogP contribution is 2.30. The summed E-state index contributed by atoms with van der Waals surface area (Å²) >= 11 is 0. The van der Waals surface area contributed by atoms with E-state index in [0.29, 0.717) is 12.1 Å². The van der Waals surface area contributed by atoms with Crippen molar-refractivity contribution in [2.45, 2.75) is 25.8 Å². The van der Waals surface area contributed by atoms with Crippen molar-refractivity contribution in [2.75, 3.05) is 20.2 Å². The molecule has 6 nitrogen and oxygen atoms in total. The first kappa shape index (κ1) is 16.6. The van der Waals surface area contributed by atoms with Gasteiger partial charge in [0.2, 0.25) is 0 Å². The van der Waals surface area contributed by atoms with E-state index in [1.54, 1.807) is 13.3 Å². The van der Waals surface area contributed by atoms with Gasteiger partial charge in [0.25, 0.3) is 5.91 Å². The molecule has 134 valence electrons. The summed E-state index contributed by atoms with van der Waals surface area (Å²) in [6.07, 6.45) is 2.72. The fourth-order valence-electron chi connectivity index (χ4n) is 3.67. The van der Waals surface area contributed by atoms with Gasteiger partial charge in [-0.1, -0.05) is 0 Å². The quantitative estimate of drug-likeness (QED) is 0.725. The van der Waals surface area contributed by atoms with Crippen LogP contribution in [0.15, 0.2) is 42.6 Å². The molecule has 3 heterocycles. The number of nitrogens with zero attached hydrogens (tertiary/aromatic N) is 4. The average molecular weight is 350 g/mol. The summed E-state index contributed by atoms with van der Waals surface area (Å²) in [6.45, 7) is 4.37. The fourth-order valence-corrected chi connectivity index (χ4v) is 3.67. The number of benzene rings is 1. The fraction of sp³-hybridized carbons (Fsp3) is 0.350. The van der Waals surface area contributed by atoms with E-state index in [1.165, 1.54) is 0 Å². The Balaban J connectivity index is 1.55. The van der Waals surface area contributed by atoms with Gasteiger partial charge in [-0.15, -0.1) is 0 Å². The van der Waals surface area contributed by atoms with Crippen LogP contribution in [0.25, 0.3) is 11.2 Å². The molecule has 1 saturated heterocycles. The zero-order valence-corrected chi connectivity index (χ0v) is 15.1. The van der Waals surface area contributed by atoms with Crippen molar-refractivity contribution in [1.29, 1.82) is 0 Å². The van der Waals surface area contributed by atoms with E-state index >= 15 is 0 Å². The summed E-state index contributed by atoms with van der Waals surface area (Å²) < 4.78 is 7.33. The summed E-state index contributed by atoms with van der Waals surface area (Å²) in [4.78, 5) is 24.0. The van der Waals surface area contributed by atoms with Gasteiger partial charge in [-0.2, -0.15) is 0 Å². The van der Waals surface area contributed by atoms with Crippen LogP contribution in [0.1, 0.15) is 35.4 Å². The molecular weight excluding hydrogens is 328 g/mol. The van der Waals surface area contributed by atoms with Crippen LogP contribution < -0.4 is 4.74 Å². The van der Waals surface area contributed by atoms with Gasteiger partial charge >= 0.3 is 0 Å². The average Bonchev–Trinajstić information content (AvgIpc) is 3.31. The Morgan fingerprint density at radius 2 is 2.08 bits per heavy atom. The molecule has 1 aromatic carbocycles. The molecule has 0 saturated carbocycles. The molecule has 3 aromatic rings. The summed E-state index contributed by atoms with van der Waals surface area (Å²) in [7, 11) is 1.62. The SMILES string of the molecule is CCn1c(C2CCN(C(=O)c3ccc(OC)cc3)C2)nc2cccnc21. The van der Waals surface area contributed by atoms with E-state index in [4.69, 9.17) is 9.72 Å². The molecule has 6 heteroatoms. The minimum atomic E-state index is 0.0624. The van der Waals surface area contributed by atoms with Crippen LogP contribution in [0.2, 0.25) is 0 Å². The maximum absolute atomic E-state index is 12.8. The van der Waals surface area contributed by atoms with Crippen LogP contribution >= 0.6 is 0 Å². The topological polar surface area (TPSA) is 60.2 Å². The number of likely N-dealkylation sites (tertiary alicyclic amines) is 1. The van der Waals surface area contributed by atoms with Gasteiger partial charge in [0.15, 0.2) is 5.65 Å². The van der Waals surface area contributed by atoms with Crippen LogP contribution in [0.3, 0.4) is 0 Å². The smallest absolute Gasteiger partial charge is 0.253 e. The Morgan fingerprint density at radius 1 is 1.27 bits per heavy atom. The Hall–Kier alpha value is -2.89. The van der Waals surface area contributed by atoms with Gasteiger partial charge in [0, 0.05) is 37.3 Å². The van der Waals surface area contributed by atoms with Crippen LogP contribution in [0.5, 0.6) is 5.75 Å². The van der Waals surface area contributed by atoms with E-state index in [-0.39, 0.29) is 11.8 Å². The zero-order chi connectivity index (χ0) is 18.1. The number of hydrogen-bond donors (Lipinski definition) is 0. The van der Waals surface area contributed by atoms with Crippen molar-refractivity contribution in [1.82, 2.24) is 19.4 Å². The van der Waals surface area contributed by atoms with Crippen molar-refractivity contribution in [2.24, 2.45) is 0 Å². The molecule has 1 unspecified atom stereocenters. The number of ether oxygens (including phenoxy) is 1. The van der Waals surface area contributed by atoms with Gasteiger partial charge in [0.05, 0.1) is 7.11 Å². The van der Waals surface area contributed by atoms with Crippen molar-refractivity contribution >= 4 is 17.1 Å². The number of rotatable bonds is 4. The molecule has 1 aliphatic rings. The minimum Gasteiger partial charge on any atom is -0.497 e. The zero-order valence-electron chi connectivity index (χ0n) is 15.1. The van der Waals surface area contributed by atoms with E-state index in [0.717, 1.165) is 42.2 Å². The minimum absolute atomic E-state index is 0.0624. The first-order valence-corrected chi connectivity index (χ1v) is 8.95. The molecule has 26 heavy (non-hydrogen) atoms. The van der Waals surface area contributed by atoms with Crippen molar-refractivity contribution in [3.05, 3.63) is 54.0 Å². The number of methoxy groups -OCH3 is 1. The lowest BCUT2D eigenvalue weighted by Crippen LogP contribution is -2.28. The summed E-state index contributed by atoms with van der Waals surface area (Å²) in [5.41, 5.74) is 2.53. The van der Waals surface area contributed by atoms with Gasteiger partial charge < -0.3 is 14.2 Å². The summed E-state index contributed by atoms with van der Waals surface area (Å²) in [5, 5.41) is 0. The monoisotopic (exact) mass is 350 g/mol. The standard InChI is InChI=1S/C20H22N4O2/c1-3-24-18(22-17-5-4-11-21-19(17)24)15-10-12-23(13-15)20(25)14-6-8-16(26-2)9-7-14/h4-9,11,15H,3,10,12-13H2,1-2H3. The Bertz CT molecular complexity index is 933. The molecular formula is C20H22N4O2. The first-order valence-electron chi connectivity index (χ1n) is 8.95. The molecule has 4 rings (SSSR count). The van der Waals surface area contributed by atoms with Crippen LogP contribution in [0.4, 0.5) is 0 Å². The Kier molecular flexibility index (Phi) is 4.32. The van der Waals surface area contributed by atoms with Crippen molar-refractivity contribution < 1.29 is 9.53 Å². The summed E-state index contributed by atoms with van der Waals surface area (Å²) in [5.74, 6) is 2.09. The highest BCUT2D eigenvalue weighted by Gasteiger charge is 2.31. The predicted molar refractivity (Wildman–Crippen MR) is 99.5 cm³/mol. The molecule has 0 radical (unpaired) electrons. The third-order valence-corrected chi connectivity index (χ3v) is 5.03. The number of carbonyl (C=O) groups is 1. The van der Waals surface area contributed by atoms with Crippen LogP contribution in [-0.2, 0) is 6.54 Å². The molecule has 1 atom stereocenters. The van der Waals surface area contributed by atoms with E-state index in [2.05, 4.69) is 16.5 Å². The normalized spacial score (nSPS) is 17.0. The second-order valence-corrected chi connectivity index (χ2v) is 6.53. The number of hydrogen-bond acceptors (Lipinski definition) is 4. The maximum Gasteiger partial charge on any atom is 0.253 e. The van der Waals surface area contributed by atoms with E-state index in [1.807, 2.05) is 41.3 Å². The largest absolute Gasteiger partial charge is 0.497 e. The highest BCUT2D eigenvalue weighted by atomic mass is 16.5. The lowest BCUT2D eigenvalue weighted by molar-refractivity contribution is 0.0790. The number of carbonyl (C=O) groups excluding carboxylic acids is 1. The molecule has 0 aliphatic carbocycles. The van der Waals surface area contributed by atoms with Crippen LogP contribution in [-0.4, -0.2) is 45.5 Å². The number of imidazole rings is 1. The number of fused-ring (bicyclic) bond motifs is 1. The number of amides is 1.